The molecule has 0 aliphatic carbocycles. The minimum Gasteiger partial charge on any atom is -0.497 e. The van der Waals surface area contributed by atoms with Crippen LogP contribution in [0.2, 0.25) is 0 Å². The van der Waals surface area contributed by atoms with Crippen molar-refractivity contribution in [2.75, 3.05) is 20.8 Å². The molecule has 2 aromatic carbocycles. The van der Waals surface area contributed by atoms with Crippen molar-refractivity contribution in [3.63, 3.8) is 0 Å². The molecule has 5 heteroatoms. The predicted octanol–water partition coefficient (Wildman–Crippen LogP) is 3.06. The van der Waals surface area contributed by atoms with Crippen LogP contribution in [-0.2, 0) is 12.1 Å². The van der Waals surface area contributed by atoms with E-state index in [1.54, 1.807) is 14.2 Å². The van der Waals surface area contributed by atoms with Gasteiger partial charge in [0, 0.05) is 24.7 Å². The lowest BCUT2D eigenvalue weighted by Crippen LogP contribution is -2.45. The van der Waals surface area contributed by atoms with Crippen molar-refractivity contribution in [1.82, 2.24) is 10.2 Å². The average Bonchev–Trinajstić information content (AvgIpc) is 2.91. The Labute approximate surface area is 153 Å². The number of fused-ring (bicyclic) bond motifs is 2. The summed E-state index contributed by atoms with van der Waals surface area (Å²) in [6.07, 6.45) is 4.91. The number of carbonyl (C=O) groups excluding carboxylic acids is 1. The van der Waals surface area contributed by atoms with Gasteiger partial charge in [-0.2, -0.15) is 0 Å². The van der Waals surface area contributed by atoms with E-state index in [-0.39, 0.29) is 5.91 Å². The molecule has 2 heterocycles. The Bertz CT molecular complexity index is 855. The highest BCUT2D eigenvalue weighted by atomic mass is 16.5. The van der Waals surface area contributed by atoms with E-state index < -0.39 is 5.54 Å². The predicted molar refractivity (Wildman–Crippen MR) is 99.3 cm³/mol. The smallest absolute Gasteiger partial charge is 0.255 e. The van der Waals surface area contributed by atoms with Crippen LogP contribution in [0.15, 0.2) is 54.7 Å². The minimum absolute atomic E-state index is 0.0638. The molecule has 134 valence electrons. The number of amides is 1. The number of methoxy groups -OCH3 is 2. The quantitative estimate of drug-likeness (QED) is 0.921. The Kier molecular flexibility index (Phi) is 4.07. The number of benzene rings is 2. The van der Waals surface area contributed by atoms with Crippen molar-refractivity contribution in [2.24, 2.45) is 0 Å². The van der Waals surface area contributed by atoms with Crippen LogP contribution in [0.3, 0.4) is 0 Å². The van der Waals surface area contributed by atoms with Gasteiger partial charge in [0.25, 0.3) is 5.91 Å². The average molecular weight is 350 g/mol. The van der Waals surface area contributed by atoms with Gasteiger partial charge in [-0.1, -0.05) is 18.2 Å². The van der Waals surface area contributed by atoms with Gasteiger partial charge in [-0.15, -0.1) is 0 Å². The zero-order valence-electron chi connectivity index (χ0n) is 15.0. The van der Waals surface area contributed by atoms with E-state index in [0.717, 1.165) is 41.2 Å². The Morgan fingerprint density at radius 2 is 1.85 bits per heavy atom. The van der Waals surface area contributed by atoms with Crippen molar-refractivity contribution in [3.05, 3.63) is 71.4 Å². The van der Waals surface area contributed by atoms with E-state index >= 15 is 0 Å². The van der Waals surface area contributed by atoms with Gasteiger partial charge in [-0.05, 0) is 48.0 Å². The van der Waals surface area contributed by atoms with Crippen LogP contribution < -0.4 is 14.8 Å². The molecule has 1 amide bonds. The Morgan fingerprint density at radius 1 is 1.12 bits per heavy atom. The van der Waals surface area contributed by atoms with Crippen LogP contribution >= 0.6 is 0 Å². The SMILES string of the molecule is COc1cc(CN2C(=O)c3ccccc3C23C=CNCC3)cc(OC)c1. The lowest BCUT2D eigenvalue weighted by atomic mass is 9.84. The molecule has 2 aromatic rings. The summed E-state index contributed by atoms with van der Waals surface area (Å²) < 4.78 is 10.8. The van der Waals surface area contributed by atoms with Crippen molar-refractivity contribution in [1.29, 1.82) is 0 Å². The van der Waals surface area contributed by atoms with Gasteiger partial charge in [-0.25, -0.2) is 0 Å². The first kappa shape index (κ1) is 16.5. The van der Waals surface area contributed by atoms with Crippen molar-refractivity contribution < 1.29 is 14.3 Å². The second-order valence-corrected chi connectivity index (χ2v) is 6.62. The van der Waals surface area contributed by atoms with E-state index in [1.165, 1.54) is 0 Å². The highest BCUT2D eigenvalue weighted by Gasteiger charge is 2.48. The first-order valence-corrected chi connectivity index (χ1v) is 8.72. The first-order chi connectivity index (χ1) is 12.7. The number of nitrogens with zero attached hydrogens (tertiary/aromatic N) is 1. The maximum atomic E-state index is 13.2. The van der Waals surface area contributed by atoms with Crippen LogP contribution in [0, 0.1) is 0 Å². The largest absolute Gasteiger partial charge is 0.497 e. The molecule has 0 saturated heterocycles. The zero-order chi connectivity index (χ0) is 18.1. The Morgan fingerprint density at radius 3 is 2.50 bits per heavy atom. The monoisotopic (exact) mass is 350 g/mol. The lowest BCUT2D eigenvalue weighted by molar-refractivity contribution is 0.0590. The number of hydrogen-bond acceptors (Lipinski definition) is 4. The number of carbonyl (C=O) groups is 1. The molecule has 0 aromatic heterocycles. The van der Waals surface area contributed by atoms with Crippen LogP contribution in [0.1, 0.15) is 27.9 Å². The molecule has 2 aliphatic rings. The third kappa shape index (κ3) is 2.51. The molecule has 4 rings (SSSR count). The van der Waals surface area contributed by atoms with E-state index in [1.807, 2.05) is 47.5 Å². The fourth-order valence-electron chi connectivity index (χ4n) is 3.95. The molecular weight excluding hydrogens is 328 g/mol. The molecular formula is C21H22N2O3. The van der Waals surface area contributed by atoms with E-state index in [9.17, 15) is 4.79 Å². The van der Waals surface area contributed by atoms with Gasteiger partial charge >= 0.3 is 0 Å². The maximum Gasteiger partial charge on any atom is 0.255 e. The summed E-state index contributed by atoms with van der Waals surface area (Å²) in [5, 5.41) is 3.24. The molecule has 1 N–H and O–H groups in total. The molecule has 1 unspecified atom stereocenters. The van der Waals surface area contributed by atoms with Gasteiger partial charge in [0.2, 0.25) is 0 Å². The molecule has 26 heavy (non-hydrogen) atoms. The molecule has 0 saturated carbocycles. The van der Waals surface area contributed by atoms with Gasteiger partial charge < -0.3 is 19.7 Å². The molecule has 0 bridgehead atoms. The molecule has 1 spiro atoms. The topological polar surface area (TPSA) is 50.8 Å². The van der Waals surface area contributed by atoms with Crippen molar-refractivity contribution in [3.8, 4) is 11.5 Å². The highest BCUT2D eigenvalue weighted by molar-refractivity contribution is 6.00. The maximum absolute atomic E-state index is 13.2. The molecule has 0 fully saturated rings. The Balaban J connectivity index is 1.77. The summed E-state index contributed by atoms with van der Waals surface area (Å²) in [5.74, 6) is 1.51. The normalized spacial score (nSPS) is 20.8. The van der Waals surface area contributed by atoms with Crippen molar-refractivity contribution >= 4 is 5.91 Å². The summed E-state index contributed by atoms with van der Waals surface area (Å²) in [7, 11) is 3.26. The highest BCUT2D eigenvalue weighted by Crippen LogP contribution is 2.44. The summed E-state index contributed by atoms with van der Waals surface area (Å²) in [5.41, 5.74) is 2.44. The van der Waals surface area contributed by atoms with Gasteiger partial charge in [0.05, 0.1) is 19.8 Å². The van der Waals surface area contributed by atoms with Gasteiger partial charge in [0.15, 0.2) is 0 Å². The molecule has 1 atom stereocenters. The standard InChI is InChI=1S/C21H22N2O3/c1-25-16-11-15(12-17(13-16)26-2)14-23-20(24)18-5-3-4-6-19(18)21(23)7-9-22-10-8-21/h3-7,9,11-13,22H,8,10,14H2,1-2H3. The zero-order valence-corrected chi connectivity index (χ0v) is 15.0. The third-order valence-electron chi connectivity index (χ3n) is 5.23. The number of hydrogen-bond donors (Lipinski definition) is 1. The van der Waals surface area contributed by atoms with Crippen LogP contribution in [0.5, 0.6) is 11.5 Å². The van der Waals surface area contributed by atoms with Crippen LogP contribution in [-0.4, -0.2) is 31.6 Å². The van der Waals surface area contributed by atoms with Crippen LogP contribution in [0.25, 0.3) is 0 Å². The Hall–Kier alpha value is -2.95. The number of ether oxygens (including phenoxy) is 2. The molecule has 2 aliphatic heterocycles. The second-order valence-electron chi connectivity index (χ2n) is 6.62. The number of nitrogens with one attached hydrogen (secondary N) is 1. The van der Waals surface area contributed by atoms with Crippen molar-refractivity contribution in [2.45, 2.75) is 18.5 Å². The summed E-state index contributed by atoms with van der Waals surface area (Å²) in [6.45, 7) is 1.32. The third-order valence-corrected chi connectivity index (χ3v) is 5.23. The van der Waals surface area contributed by atoms with Gasteiger partial charge in [-0.3, -0.25) is 4.79 Å². The molecule has 5 nitrogen and oxygen atoms in total. The van der Waals surface area contributed by atoms with E-state index in [0.29, 0.717) is 6.54 Å². The number of rotatable bonds is 4. The minimum atomic E-state index is -0.408. The fraction of sp³-hybridized carbons (Fsp3) is 0.286. The summed E-state index contributed by atoms with van der Waals surface area (Å²) in [4.78, 5) is 15.2. The second kappa shape index (κ2) is 6.41. The van der Waals surface area contributed by atoms with E-state index in [2.05, 4.69) is 17.5 Å². The van der Waals surface area contributed by atoms with Gasteiger partial charge in [0.1, 0.15) is 11.5 Å². The summed E-state index contributed by atoms with van der Waals surface area (Å²) >= 11 is 0. The van der Waals surface area contributed by atoms with E-state index in [4.69, 9.17) is 9.47 Å². The summed E-state index contributed by atoms with van der Waals surface area (Å²) in [6, 6.07) is 13.7. The molecule has 0 radical (unpaired) electrons. The fourth-order valence-corrected chi connectivity index (χ4v) is 3.95. The first-order valence-electron chi connectivity index (χ1n) is 8.72. The lowest BCUT2D eigenvalue weighted by Gasteiger charge is -2.39. The van der Waals surface area contributed by atoms with Crippen LogP contribution in [0.4, 0.5) is 0 Å².